The number of rotatable bonds is 4. The highest BCUT2D eigenvalue weighted by Crippen LogP contribution is 2.29. The van der Waals surface area contributed by atoms with Gasteiger partial charge in [-0.3, -0.25) is 4.79 Å². The summed E-state index contributed by atoms with van der Waals surface area (Å²) in [5, 5.41) is 19.1. The fraction of sp³-hybridized carbons (Fsp3) is 0.600. The first kappa shape index (κ1) is 22.1. The zero-order chi connectivity index (χ0) is 20.5. The molecule has 8 heteroatoms. The van der Waals surface area contributed by atoms with Crippen molar-refractivity contribution in [2.24, 2.45) is 5.92 Å². The summed E-state index contributed by atoms with van der Waals surface area (Å²) in [6.45, 7) is 6.05. The summed E-state index contributed by atoms with van der Waals surface area (Å²) in [7, 11) is 0. The van der Waals surface area contributed by atoms with E-state index in [1.165, 1.54) is 6.07 Å². The quantitative estimate of drug-likeness (QED) is 0.677. The Kier molecular flexibility index (Phi) is 8.66. The molecule has 3 N–H and O–H groups in total. The molecule has 0 aliphatic carbocycles. The molecule has 1 aromatic rings. The summed E-state index contributed by atoms with van der Waals surface area (Å²) in [6, 6.07) is 4.67. The molecule has 2 amide bonds. The van der Waals surface area contributed by atoms with Crippen molar-refractivity contribution in [2.45, 2.75) is 32.2 Å². The van der Waals surface area contributed by atoms with Gasteiger partial charge in [0.2, 0.25) is 0 Å². The number of piperidine rings is 1. The predicted molar refractivity (Wildman–Crippen MR) is 104 cm³/mol. The van der Waals surface area contributed by atoms with E-state index in [0.29, 0.717) is 19.0 Å². The van der Waals surface area contributed by atoms with Crippen LogP contribution in [0.2, 0.25) is 0 Å². The van der Waals surface area contributed by atoms with E-state index in [4.69, 9.17) is 9.90 Å². The average molecular weight is 395 g/mol. The molecular formula is C20H30FN3O4. The zero-order valence-electron chi connectivity index (χ0n) is 16.3. The summed E-state index contributed by atoms with van der Waals surface area (Å²) in [5.41, 5.74) is 2.04. The highest BCUT2D eigenvalue weighted by Gasteiger charge is 2.28. The lowest BCUT2D eigenvalue weighted by Gasteiger charge is -2.36. The molecule has 1 atom stereocenters. The summed E-state index contributed by atoms with van der Waals surface area (Å²) >= 11 is 0. The lowest BCUT2D eigenvalue weighted by molar-refractivity contribution is -0.122. The Morgan fingerprint density at radius 3 is 2.64 bits per heavy atom. The van der Waals surface area contributed by atoms with Crippen molar-refractivity contribution >= 4 is 12.5 Å². The predicted octanol–water partition coefficient (Wildman–Crippen LogP) is 1.86. The van der Waals surface area contributed by atoms with Gasteiger partial charge in [-0.25, -0.2) is 9.18 Å². The summed E-state index contributed by atoms with van der Waals surface area (Å²) in [4.78, 5) is 25.0. The lowest BCUT2D eigenvalue weighted by Crippen LogP contribution is -2.47. The highest BCUT2D eigenvalue weighted by molar-refractivity contribution is 5.75. The molecule has 0 bridgehead atoms. The van der Waals surface area contributed by atoms with Crippen molar-refractivity contribution in [2.75, 3.05) is 39.3 Å². The van der Waals surface area contributed by atoms with Gasteiger partial charge in [-0.15, -0.1) is 0 Å². The van der Waals surface area contributed by atoms with Crippen LogP contribution in [0.25, 0.3) is 0 Å². The van der Waals surface area contributed by atoms with Crippen molar-refractivity contribution in [3.05, 3.63) is 35.1 Å². The van der Waals surface area contributed by atoms with Crippen LogP contribution in [-0.2, 0) is 11.2 Å². The zero-order valence-corrected chi connectivity index (χ0v) is 16.3. The van der Waals surface area contributed by atoms with Crippen LogP contribution in [0, 0.1) is 11.7 Å². The van der Waals surface area contributed by atoms with Gasteiger partial charge in [-0.1, -0.05) is 6.07 Å². The number of aliphatic hydroxyl groups is 1. The molecule has 1 aromatic carbocycles. The molecule has 2 aliphatic heterocycles. The second-order valence-corrected chi connectivity index (χ2v) is 7.27. The fourth-order valence-corrected chi connectivity index (χ4v) is 3.88. The van der Waals surface area contributed by atoms with E-state index < -0.39 is 0 Å². The molecule has 156 valence electrons. The monoisotopic (exact) mass is 395 g/mol. The Labute approximate surface area is 165 Å². The molecule has 0 aromatic heterocycles. The first-order valence-electron chi connectivity index (χ1n) is 9.74. The van der Waals surface area contributed by atoms with Gasteiger partial charge in [0.15, 0.2) is 0 Å². The fourth-order valence-electron chi connectivity index (χ4n) is 3.88. The van der Waals surface area contributed by atoms with Gasteiger partial charge < -0.3 is 25.3 Å². The Balaban J connectivity index is 0.000000878. The molecule has 0 saturated carbocycles. The number of hydrogen-bond donors (Lipinski definition) is 3. The minimum atomic E-state index is -0.251. The molecule has 0 spiro atoms. The first-order valence-corrected chi connectivity index (χ1v) is 9.74. The number of aliphatic hydroxyl groups excluding tert-OH is 1. The van der Waals surface area contributed by atoms with Crippen molar-refractivity contribution in [1.82, 2.24) is 15.1 Å². The van der Waals surface area contributed by atoms with Crippen molar-refractivity contribution in [3.63, 3.8) is 0 Å². The first-order chi connectivity index (χ1) is 13.5. The molecular weight excluding hydrogens is 365 g/mol. The molecule has 1 unspecified atom stereocenters. The number of hydrogen-bond acceptors (Lipinski definition) is 4. The van der Waals surface area contributed by atoms with Crippen LogP contribution in [0.3, 0.4) is 0 Å². The van der Waals surface area contributed by atoms with E-state index >= 15 is 0 Å². The Hall–Kier alpha value is -2.19. The summed E-state index contributed by atoms with van der Waals surface area (Å²) < 4.78 is 13.5. The van der Waals surface area contributed by atoms with Gasteiger partial charge in [0.25, 0.3) is 6.47 Å². The van der Waals surface area contributed by atoms with Crippen molar-refractivity contribution in [1.29, 1.82) is 0 Å². The maximum atomic E-state index is 13.5. The number of urea groups is 1. The van der Waals surface area contributed by atoms with E-state index in [2.05, 4.69) is 10.2 Å². The Morgan fingerprint density at radius 2 is 2.00 bits per heavy atom. The minimum Gasteiger partial charge on any atom is -0.483 e. The van der Waals surface area contributed by atoms with Crippen LogP contribution in [0.15, 0.2) is 18.2 Å². The number of benzene rings is 1. The molecule has 2 heterocycles. The van der Waals surface area contributed by atoms with Gasteiger partial charge in [0, 0.05) is 26.2 Å². The third-order valence-electron chi connectivity index (χ3n) is 5.58. The van der Waals surface area contributed by atoms with Gasteiger partial charge in [-0.2, -0.15) is 0 Å². The Bertz CT molecular complexity index is 650. The molecule has 28 heavy (non-hydrogen) atoms. The topological polar surface area (TPSA) is 93.1 Å². The smallest absolute Gasteiger partial charge is 0.317 e. The highest BCUT2D eigenvalue weighted by atomic mass is 19.1. The summed E-state index contributed by atoms with van der Waals surface area (Å²) in [5.74, 6) is 0.180. The number of fused-ring (bicyclic) bond motifs is 1. The van der Waals surface area contributed by atoms with E-state index in [1.54, 1.807) is 11.0 Å². The van der Waals surface area contributed by atoms with Gasteiger partial charge >= 0.3 is 6.03 Å². The maximum absolute atomic E-state index is 13.5. The van der Waals surface area contributed by atoms with E-state index in [1.807, 2.05) is 13.0 Å². The van der Waals surface area contributed by atoms with Crippen LogP contribution < -0.4 is 5.32 Å². The average Bonchev–Trinajstić information content (AvgIpc) is 2.70. The number of halogens is 1. The molecule has 0 radical (unpaired) electrons. The number of nitrogens with one attached hydrogen (secondary N) is 1. The number of amides is 2. The molecule has 2 aliphatic rings. The summed E-state index contributed by atoms with van der Waals surface area (Å²) in [6.07, 6.45) is 2.81. The van der Waals surface area contributed by atoms with Gasteiger partial charge in [-0.05, 0) is 68.5 Å². The Morgan fingerprint density at radius 1 is 1.32 bits per heavy atom. The standard InChI is InChI=1S/C19H28FN3O2.CH2O2/c1-14-18-12-17(20)3-2-16(18)6-10-23(14)19(25)21-7-11-22-8-4-15(13-24)5-9-22;2-1-3/h2-3,12,14-15,24H,4-11,13H2,1H3,(H,21,25);1H,(H,2,3). The van der Waals surface area contributed by atoms with Crippen molar-refractivity contribution < 1.29 is 24.2 Å². The van der Waals surface area contributed by atoms with Crippen molar-refractivity contribution in [3.8, 4) is 0 Å². The largest absolute Gasteiger partial charge is 0.483 e. The van der Waals surface area contributed by atoms with Crippen LogP contribution in [0.4, 0.5) is 9.18 Å². The number of likely N-dealkylation sites (tertiary alicyclic amines) is 1. The van der Waals surface area contributed by atoms with E-state index in [0.717, 1.165) is 50.0 Å². The second kappa shape index (κ2) is 11.0. The van der Waals surface area contributed by atoms with Crippen LogP contribution >= 0.6 is 0 Å². The number of carbonyl (C=O) groups excluding carboxylic acids is 1. The maximum Gasteiger partial charge on any atom is 0.317 e. The lowest BCUT2D eigenvalue weighted by atomic mass is 9.94. The number of nitrogens with zero attached hydrogens (tertiary/aromatic N) is 2. The molecule has 1 fully saturated rings. The van der Waals surface area contributed by atoms with E-state index in [9.17, 15) is 14.3 Å². The molecule has 7 nitrogen and oxygen atoms in total. The van der Waals surface area contributed by atoms with Gasteiger partial charge in [0.05, 0.1) is 6.04 Å². The number of carbonyl (C=O) groups is 2. The van der Waals surface area contributed by atoms with Crippen LogP contribution in [0.1, 0.15) is 36.9 Å². The van der Waals surface area contributed by atoms with Gasteiger partial charge in [0.1, 0.15) is 5.82 Å². The minimum absolute atomic E-state index is 0.0762. The number of carboxylic acid groups (broad SMARTS) is 1. The van der Waals surface area contributed by atoms with E-state index in [-0.39, 0.29) is 31.0 Å². The SMILES string of the molecule is CC1c2cc(F)ccc2CCN1C(=O)NCCN1CCC(CO)CC1.O=CO. The second-order valence-electron chi connectivity index (χ2n) is 7.27. The van der Waals surface area contributed by atoms with Crippen LogP contribution in [0.5, 0.6) is 0 Å². The normalized spacial score (nSPS) is 20.0. The molecule has 3 rings (SSSR count). The molecule has 1 saturated heterocycles. The van der Waals surface area contributed by atoms with Crippen LogP contribution in [-0.4, -0.2) is 71.8 Å². The third-order valence-corrected chi connectivity index (χ3v) is 5.58. The third kappa shape index (κ3) is 5.90.